The van der Waals surface area contributed by atoms with Crippen molar-refractivity contribution in [1.29, 1.82) is 0 Å². The Labute approximate surface area is 265 Å². The second-order valence-corrected chi connectivity index (χ2v) is 13.8. The number of benzene rings is 2. The summed E-state index contributed by atoms with van der Waals surface area (Å²) in [5.41, 5.74) is 2.22. The standard InChI is InChI=1S/C30H41ClN4O4S2.ClH/c1-4-6-16-34(17-7-5-2)41(37,38)25-12-10-24(11-13-25)29(36)35(18-8-15-33-19-21-39-22-20-33)30-32-27-23(3)9-14-26(31)28(27)40-30;/h9-14H,4-8,15-22H2,1-3H3;1H. The lowest BCUT2D eigenvalue weighted by Crippen LogP contribution is -2.39. The molecule has 3 aromatic rings. The van der Waals surface area contributed by atoms with E-state index < -0.39 is 10.0 Å². The number of nitrogens with zero attached hydrogens (tertiary/aromatic N) is 4. The molecule has 2 aromatic carbocycles. The van der Waals surface area contributed by atoms with Crippen molar-refractivity contribution < 1.29 is 17.9 Å². The number of hydrogen-bond acceptors (Lipinski definition) is 7. The van der Waals surface area contributed by atoms with Gasteiger partial charge in [-0.05, 0) is 62.1 Å². The number of unbranched alkanes of at least 4 members (excludes halogenated alkanes) is 2. The Hall–Kier alpha value is -1.79. The molecule has 0 atom stereocenters. The van der Waals surface area contributed by atoms with Crippen molar-refractivity contribution in [2.75, 3.05) is 57.4 Å². The topological polar surface area (TPSA) is 83.1 Å². The first-order chi connectivity index (χ1) is 19.8. The number of aromatic nitrogens is 1. The van der Waals surface area contributed by atoms with Crippen molar-refractivity contribution in [2.24, 2.45) is 0 Å². The van der Waals surface area contributed by atoms with Crippen LogP contribution in [0.25, 0.3) is 10.2 Å². The van der Waals surface area contributed by atoms with Crippen molar-refractivity contribution >= 4 is 66.6 Å². The van der Waals surface area contributed by atoms with Gasteiger partial charge in [0.05, 0.1) is 33.3 Å². The molecule has 0 bridgehead atoms. The first kappa shape index (κ1) is 34.7. The molecule has 2 heterocycles. The molecule has 42 heavy (non-hydrogen) atoms. The third-order valence-electron chi connectivity index (χ3n) is 7.38. The number of morpholine rings is 1. The number of amides is 1. The zero-order chi connectivity index (χ0) is 29.4. The maximum atomic E-state index is 13.9. The number of thiazole rings is 1. The predicted octanol–water partition coefficient (Wildman–Crippen LogP) is 6.64. The maximum absolute atomic E-state index is 13.9. The summed E-state index contributed by atoms with van der Waals surface area (Å²) in [5.74, 6) is -0.211. The lowest BCUT2D eigenvalue weighted by Gasteiger charge is -2.27. The lowest BCUT2D eigenvalue weighted by atomic mass is 10.2. The Morgan fingerprint density at radius 1 is 1.00 bits per heavy atom. The summed E-state index contributed by atoms with van der Waals surface area (Å²) in [4.78, 5) is 23.0. The Kier molecular flexibility index (Phi) is 13.5. The van der Waals surface area contributed by atoms with Crippen LogP contribution >= 0.6 is 35.3 Å². The molecule has 0 radical (unpaired) electrons. The number of sulfonamides is 1. The number of hydrogen-bond donors (Lipinski definition) is 0. The van der Waals surface area contributed by atoms with E-state index in [1.54, 1.807) is 33.5 Å². The third kappa shape index (κ3) is 8.43. The molecule has 1 aliphatic heterocycles. The van der Waals surface area contributed by atoms with Gasteiger partial charge in [-0.25, -0.2) is 13.4 Å². The van der Waals surface area contributed by atoms with Crippen LogP contribution in [0, 0.1) is 6.92 Å². The number of carbonyl (C=O) groups is 1. The van der Waals surface area contributed by atoms with Gasteiger partial charge in [0.15, 0.2) is 5.13 Å². The zero-order valence-electron chi connectivity index (χ0n) is 24.7. The van der Waals surface area contributed by atoms with E-state index in [-0.39, 0.29) is 23.2 Å². The van der Waals surface area contributed by atoms with Gasteiger partial charge in [-0.1, -0.05) is 55.7 Å². The van der Waals surface area contributed by atoms with Gasteiger partial charge in [0.1, 0.15) is 0 Å². The SMILES string of the molecule is CCCCN(CCCC)S(=O)(=O)c1ccc(C(=O)N(CCCN2CCOCC2)c2nc3c(C)ccc(Cl)c3s2)cc1.Cl. The molecule has 0 spiro atoms. The van der Waals surface area contributed by atoms with Gasteiger partial charge < -0.3 is 4.74 Å². The number of fused-ring (bicyclic) bond motifs is 1. The van der Waals surface area contributed by atoms with Crippen molar-refractivity contribution in [2.45, 2.75) is 57.8 Å². The molecule has 0 saturated carbocycles. The van der Waals surface area contributed by atoms with Crippen molar-refractivity contribution in [3.05, 3.63) is 52.5 Å². The van der Waals surface area contributed by atoms with Gasteiger partial charge in [-0.2, -0.15) is 4.31 Å². The fraction of sp³-hybridized carbons (Fsp3) is 0.533. The van der Waals surface area contributed by atoms with E-state index in [0.717, 1.165) is 80.7 Å². The minimum absolute atomic E-state index is 0. The molecule has 12 heteroatoms. The third-order valence-corrected chi connectivity index (χ3v) is 10.8. The number of rotatable bonds is 14. The van der Waals surface area contributed by atoms with Crippen molar-refractivity contribution in [3.63, 3.8) is 0 Å². The second-order valence-electron chi connectivity index (χ2n) is 10.4. The normalized spacial score (nSPS) is 14.3. The summed E-state index contributed by atoms with van der Waals surface area (Å²) in [6.07, 6.45) is 4.23. The zero-order valence-corrected chi connectivity index (χ0v) is 27.9. The molecule has 1 aromatic heterocycles. The number of anilines is 1. The van der Waals surface area contributed by atoms with Crippen LogP contribution in [0.2, 0.25) is 5.02 Å². The highest BCUT2D eigenvalue weighted by Gasteiger charge is 2.26. The van der Waals surface area contributed by atoms with Crippen LogP contribution in [-0.2, 0) is 14.8 Å². The van der Waals surface area contributed by atoms with Crippen molar-refractivity contribution in [1.82, 2.24) is 14.2 Å². The fourth-order valence-corrected chi connectivity index (χ4v) is 7.72. The average Bonchev–Trinajstić information content (AvgIpc) is 3.44. The van der Waals surface area contributed by atoms with E-state index in [1.807, 2.05) is 19.1 Å². The molecule has 0 aliphatic carbocycles. The molecule has 232 valence electrons. The van der Waals surface area contributed by atoms with Gasteiger partial charge in [-0.15, -0.1) is 12.4 Å². The number of carbonyl (C=O) groups excluding carboxylic acids is 1. The van der Waals surface area contributed by atoms with Gasteiger partial charge in [-0.3, -0.25) is 14.6 Å². The summed E-state index contributed by atoms with van der Waals surface area (Å²) in [7, 11) is -3.65. The minimum atomic E-state index is -3.65. The predicted molar refractivity (Wildman–Crippen MR) is 175 cm³/mol. The van der Waals surface area contributed by atoms with Crippen LogP contribution in [0.5, 0.6) is 0 Å². The van der Waals surface area contributed by atoms with Gasteiger partial charge in [0.25, 0.3) is 5.91 Å². The highest BCUT2D eigenvalue weighted by Crippen LogP contribution is 2.36. The maximum Gasteiger partial charge on any atom is 0.260 e. The van der Waals surface area contributed by atoms with Crippen molar-refractivity contribution in [3.8, 4) is 0 Å². The Morgan fingerprint density at radius 2 is 1.64 bits per heavy atom. The molecule has 1 amide bonds. The molecule has 1 fully saturated rings. The summed E-state index contributed by atoms with van der Waals surface area (Å²) in [5, 5.41) is 1.20. The molecule has 4 rings (SSSR count). The molecule has 0 unspecified atom stereocenters. The van der Waals surface area contributed by atoms with E-state index in [9.17, 15) is 13.2 Å². The Morgan fingerprint density at radius 3 is 2.24 bits per heavy atom. The molecule has 8 nitrogen and oxygen atoms in total. The fourth-order valence-electron chi connectivity index (χ4n) is 4.86. The minimum Gasteiger partial charge on any atom is -0.379 e. The first-order valence-electron chi connectivity index (χ1n) is 14.5. The first-order valence-corrected chi connectivity index (χ1v) is 17.2. The van der Waals surface area contributed by atoms with Gasteiger partial charge in [0.2, 0.25) is 10.0 Å². The van der Waals surface area contributed by atoms with E-state index >= 15 is 0 Å². The van der Waals surface area contributed by atoms with Crippen LogP contribution < -0.4 is 4.90 Å². The lowest BCUT2D eigenvalue weighted by molar-refractivity contribution is 0.0376. The largest absolute Gasteiger partial charge is 0.379 e. The van der Waals surface area contributed by atoms with Gasteiger partial charge >= 0.3 is 0 Å². The molecule has 1 aliphatic rings. The highest BCUT2D eigenvalue weighted by molar-refractivity contribution is 7.89. The van der Waals surface area contributed by atoms with E-state index in [4.69, 9.17) is 21.3 Å². The van der Waals surface area contributed by atoms with E-state index in [2.05, 4.69) is 18.7 Å². The second kappa shape index (κ2) is 16.3. The van der Waals surface area contributed by atoms with Gasteiger partial charge in [0, 0.05) is 44.8 Å². The summed E-state index contributed by atoms with van der Waals surface area (Å²) in [6, 6.07) is 10.1. The van der Waals surface area contributed by atoms with Crippen LogP contribution in [0.1, 0.15) is 61.9 Å². The molecule has 0 N–H and O–H groups in total. The molecular formula is C30H42Cl2N4O4S2. The quantitative estimate of drug-likeness (QED) is 0.193. The Bertz CT molecular complexity index is 1360. The van der Waals surface area contributed by atoms with E-state index in [1.165, 1.54) is 11.3 Å². The summed E-state index contributed by atoms with van der Waals surface area (Å²) >= 11 is 7.89. The number of ether oxygens (including phenoxy) is 1. The summed E-state index contributed by atoms with van der Waals surface area (Å²) in [6.45, 7) is 11.6. The monoisotopic (exact) mass is 656 g/mol. The number of aryl methyl sites for hydroxylation is 1. The van der Waals surface area contributed by atoms with Crippen LogP contribution in [0.4, 0.5) is 5.13 Å². The molecule has 1 saturated heterocycles. The van der Waals surface area contributed by atoms with Crippen LogP contribution in [0.3, 0.4) is 0 Å². The Balaban J connectivity index is 0.00000484. The summed E-state index contributed by atoms with van der Waals surface area (Å²) < 4.78 is 34.8. The average molecular weight is 658 g/mol. The highest BCUT2D eigenvalue weighted by atomic mass is 35.5. The molecular weight excluding hydrogens is 615 g/mol. The van der Waals surface area contributed by atoms with Crippen LogP contribution in [0.15, 0.2) is 41.3 Å². The smallest absolute Gasteiger partial charge is 0.260 e. The van der Waals surface area contributed by atoms with Crippen LogP contribution in [-0.4, -0.2) is 81.0 Å². The van der Waals surface area contributed by atoms with E-state index in [0.29, 0.717) is 35.4 Å². The number of halogens is 2.